The van der Waals surface area contributed by atoms with E-state index in [1.807, 2.05) is 31.1 Å². The number of hydrogen-bond acceptors (Lipinski definition) is 6. The minimum Gasteiger partial charge on any atom is -0.373 e. The van der Waals surface area contributed by atoms with Crippen LogP contribution in [0.3, 0.4) is 0 Å². The van der Waals surface area contributed by atoms with Crippen LogP contribution in [-0.4, -0.2) is 40.8 Å². The molecule has 1 unspecified atom stereocenters. The molecule has 0 fully saturated rings. The van der Waals surface area contributed by atoms with Crippen LogP contribution < -0.4 is 10.6 Å². The van der Waals surface area contributed by atoms with Crippen molar-refractivity contribution in [1.29, 1.82) is 0 Å². The van der Waals surface area contributed by atoms with E-state index in [2.05, 4.69) is 34.4 Å². The number of aromatic nitrogens is 2. The first-order chi connectivity index (χ1) is 8.69. The van der Waals surface area contributed by atoms with E-state index in [-0.39, 0.29) is 0 Å². The number of nitrogens with one attached hydrogen (secondary N) is 2. The SMILES string of the molecule is CCSCCC(C)Nc1cc(NC)nc(SC)n1. The molecule has 1 atom stereocenters. The van der Waals surface area contributed by atoms with Crippen molar-refractivity contribution in [3.05, 3.63) is 6.07 Å². The summed E-state index contributed by atoms with van der Waals surface area (Å²) in [4.78, 5) is 8.81. The van der Waals surface area contributed by atoms with E-state index in [0.717, 1.165) is 23.2 Å². The van der Waals surface area contributed by atoms with E-state index in [4.69, 9.17) is 0 Å². The monoisotopic (exact) mass is 286 g/mol. The first-order valence-corrected chi connectivity index (χ1v) is 8.52. The molecule has 0 aliphatic carbocycles. The van der Waals surface area contributed by atoms with E-state index in [0.29, 0.717) is 6.04 Å². The molecular weight excluding hydrogens is 264 g/mol. The summed E-state index contributed by atoms with van der Waals surface area (Å²) in [6, 6.07) is 2.38. The Morgan fingerprint density at radius 1 is 1.33 bits per heavy atom. The maximum absolute atomic E-state index is 4.46. The third-order valence-electron chi connectivity index (χ3n) is 2.44. The predicted molar refractivity (Wildman–Crippen MR) is 84.1 cm³/mol. The Labute approximate surface area is 118 Å². The van der Waals surface area contributed by atoms with Crippen molar-refractivity contribution in [2.75, 3.05) is 35.4 Å². The van der Waals surface area contributed by atoms with Gasteiger partial charge in [-0.15, -0.1) is 0 Å². The molecule has 0 aromatic carbocycles. The highest BCUT2D eigenvalue weighted by Crippen LogP contribution is 2.18. The van der Waals surface area contributed by atoms with Crippen molar-refractivity contribution in [3.8, 4) is 0 Å². The van der Waals surface area contributed by atoms with Gasteiger partial charge in [0.25, 0.3) is 0 Å². The summed E-state index contributed by atoms with van der Waals surface area (Å²) in [5.74, 6) is 4.12. The van der Waals surface area contributed by atoms with Gasteiger partial charge in [0, 0.05) is 19.2 Å². The molecule has 102 valence electrons. The minimum atomic E-state index is 0.429. The molecule has 18 heavy (non-hydrogen) atoms. The fraction of sp³-hybridized carbons (Fsp3) is 0.667. The van der Waals surface area contributed by atoms with Crippen LogP contribution in [-0.2, 0) is 0 Å². The third-order valence-corrected chi connectivity index (χ3v) is 3.92. The number of nitrogens with zero attached hydrogens (tertiary/aromatic N) is 2. The van der Waals surface area contributed by atoms with Gasteiger partial charge in [0.2, 0.25) is 0 Å². The van der Waals surface area contributed by atoms with Crippen LogP contribution in [0.1, 0.15) is 20.3 Å². The van der Waals surface area contributed by atoms with Crippen LogP contribution in [0.15, 0.2) is 11.2 Å². The molecule has 4 nitrogen and oxygen atoms in total. The molecule has 1 aromatic rings. The summed E-state index contributed by atoms with van der Waals surface area (Å²) in [7, 11) is 1.87. The highest BCUT2D eigenvalue weighted by atomic mass is 32.2. The van der Waals surface area contributed by atoms with Crippen molar-refractivity contribution in [2.24, 2.45) is 0 Å². The molecule has 0 saturated carbocycles. The first-order valence-electron chi connectivity index (χ1n) is 6.14. The smallest absolute Gasteiger partial charge is 0.191 e. The van der Waals surface area contributed by atoms with Crippen molar-refractivity contribution in [3.63, 3.8) is 0 Å². The van der Waals surface area contributed by atoms with Crippen LogP contribution in [0.4, 0.5) is 11.6 Å². The normalized spacial score (nSPS) is 12.2. The highest BCUT2D eigenvalue weighted by Gasteiger charge is 2.06. The molecule has 1 aromatic heterocycles. The number of hydrogen-bond donors (Lipinski definition) is 2. The lowest BCUT2D eigenvalue weighted by molar-refractivity contribution is 0.761. The van der Waals surface area contributed by atoms with Gasteiger partial charge in [-0.05, 0) is 31.1 Å². The summed E-state index contributed by atoms with van der Waals surface area (Å²) in [6.07, 6.45) is 3.13. The molecule has 0 aliphatic rings. The van der Waals surface area contributed by atoms with Gasteiger partial charge in [-0.1, -0.05) is 18.7 Å². The maximum atomic E-state index is 4.46. The zero-order valence-electron chi connectivity index (χ0n) is 11.5. The quantitative estimate of drug-likeness (QED) is 0.435. The molecule has 0 radical (unpaired) electrons. The van der Waals surface area contributed by atoms with Gasteiger partial charge in [-0.3, -0.25) is 0 Å². The molecule has 0 saturated heterocycles. The topological polar surface area (TPSA) is 49.8 Å². The van der Waals surface area contributed by atoms with Crippen molar-refractivity contribution >= 4 is 35.2 Å². The lowest BCUT2D eigenvalue weighted by atomic mass is 10.2. The predicted octanol–water partition coefficient (Wildman–Crippen LogP) is 3.18. The van der Waals surface area contributed by atoms with Gasteiger partial charge in [0.1, 0.15) is 11.6 Å². The van der Waals surface area contributed by atoms with Crippen LogP contribution in [0.2, 0.25) is 0 Å². The molecule has 1 heterocycles. The van der Waals surface area contributed by atoms with Gasteiger partial charge in [0.05, 0.1) is 0 Å². The molecule has 0 bridgehead atoms. The second kappa shape index (κ2) is 8.48. The summed E-state index contributed by atoms with van der Waals surface area (Å²) in [5.41, 5.74) is 0. The zero-order valence-corrected chi connectivity index (χ0v) is 13.1. The van der Waals surface area contributed by atoms with Crippen LogP contribution in [0.25, 0.3) is 0 Å². The van der Waals surface area contributed by atoms with E-state index in [1.165, 1.54) is 11.5 Å². The van der Waals surface area contributed by atoms with Crippen molar-refractivity contribution in [1.82, 2.24) is 9.97 Å². The second-order valence-electron chi connectivity index (χ2n) is 3.91. The Bertz CT molecular complexity index is 338. The van der Waals surface area contributed by atoms with Gasteiger partial charge >= 0.3 is 0 Å². The third kappa shape index (κ3) is 5.35. The summed E-state index contributed by atoms with van der Waals surface area (Å²) in [6.45, 7) is 4.38. The molecule has 1 rings (SSSR count). The van der Waals surface area contributed by atoms with Crippen molar-refractivity contribution < 1.29 is 0 Å². The lowest BCUT2D eigenvalue weighted by Crippen LogP contribution is -2.17. The van der Waals surface area contributed by atoms with Gasteiger partial charge in [0.15, 0.2) is 5.16 Å². The Morgan fingerprint density at radius 3 is 2.67 bits per heavy atom. The Morgan fingerprint density at radius 2 is 2.06 bits per heavy atom. The van der Waals surface area contributed by atoms with Gasteiger partial charge in [-0.2, -0.15) is 11.8 Å². The Hall–Kier alpha value is -0.620. The minimum absolute atomic E-state index is 0.429. The highest BCUT2D eigenvalue weighted by molar-refractivity contribution is 7.99. The largest absolute Gasteiger partial charge is 0.373 e. The van der Waals surface area contributed by atoms with Gasteiger partial charge in [-0.25, -0.2) is 9.97 Å². The fourth-order valence-corrected chi connectivity index (χ4v) is 2.64. The second-order valence-corrected chi connectivity index (χ2v) is 6.07. The standard InChI is InChI=1S/C12H22N4S2/c1-5-18-7-6-9(2)14-11-8-10(13-3)15-12(16-11)17-4/h8-9H,5-7H2,1-4H3,(H2,13,14,15,16). The molecule has 0 amide bonds. The summed E-state index contributed by atoms with van der Waals surface area (Å²) in [5, 5.41) is 7.28. The van der Waals surface area contributed by atoms with E-state index >= 15 is 0 Å². The Balaban J connectivity index is 2.59. The first kappa shape index (κ1) is 15.4. The molecule has 2 N–H and O–H groups in total. The Kier molecular flexibility index (Phi) is 7.27. The molecule has 0 aliphatic heterocycles. The lowest BCUT2D eigenvalue weighted by Gasteiger charge is -2.15. The van der Waals surface area contributed by atoms with Gasteiger partial charge < -0.3 is 10.6 Å². The summed E-state index contributed by atoms with van der Waals surface area (Å²) >= 11 is 3.53. The van der Waals surface area contributed by atoms with Crippen molar-refractivity contribution in [2.45, 2.75) is 31.5 Å². The van der Waals surface area contributed by atoms with E-state index < -0.39 is 0 Å². The summed E-state index contributed by atoms with van der Waals surface area (Å²) < 4.78 is 0. The van der Waals surface area contributed by atoms with E-state index in [1.54, 1.807) is 11.8 Å². The average Bonchev–Trinajstić information content (AvgIpc) is 2.38. The van der Waals surface area contributed by atoms with Crippen LogP contribution >= 0.6 is 23.5 Å². The fourth-order valence-electron chi connectivity index (χ4n) is 1.45. The maximum Gasteiger partial charge on any atom is 0.191 e. The average molecular weight is 286 g/mol. The molecule has 0 spiro atoms. The molecular formula is C12H22N4S2. The zero-order chi connectivity index (χ0) is 13.4. The van der Waals surface area contributed by atoms with Crippen LogP contribution in [0, 0.1) is 0 Å². The van der Waals surface area contributed by atoms with E-state index in [9.17, 15) is 0 Å². The number of thioether (sulfide) groups is 2. The number of rotatable bonds is 8. The van der Waals surface area contributed by atoms with Crippen LogP contribution in [0.5, 0.6) is 0 Å². The molecule has 6 heteroatoms. The number of anilines is 2.